The molecule has 0 aliphatic heterocycles. The standard InChI is InChI=1S/C14H24O5P2/c1-3-18-21(16,19-4-2)12-8-11-20(15)17-13-14-9-6-5-7-10-14/h5-7,9-10,15H,3-4,8,11-13H2,1-2H3. The van der Waals surface area contributed by atoms with Crippen molar-refractivity contribution < 1.29 is 23.0 Å². The summed E-state index contributed by atoms with van der Waals surface area (Å²) in [5.41, 5.74) is 1.02. The van der Waals surface area contributed by atoms with E-state index in [1.807, 2.05) is 30.3 Å². The summed E-state index contributed by atoms with van der Waals surface area (Å²) in [5, 5.41) is 0. The van der Waals surface area contributed by atoms with Crippen LogP contribution in [0.1, 0.15) is 25.8 Å². The van der Waals surface area contributed by atoms with Crippen molar-refractivity contribution in [3.8, 4) is 0 Å². The van der Waals surface area contributed by atoms with E-state index in [0.717, 1.165) is 5.56 Å². The lowest BCUT2D eigenvalue weighted by molar-refractivity contribution is 0.220. The fourth-order valence-corrected chi connectivity index (χ4v) is 4.52. The number of benzene rings is 1. The van der Waals surface area contributed by atoms with Gasteiger partial charge in [0.15, 0.2) is 8.38 Å². The lowest BCUT2D eigenvalue weighted by Crippen LogP contribution is -2.02. The normalized spacial score (nSPS) is 13.3. The first kappa shape index (κ1) is 18.8. The van der Waals surface area contributed by atoms with Gasteiger partial charge in [0, 0.05) is 6.16 Å². The van der Waals surface area contributed by atoms with Crippen molar-refractivity contribution in [1.82, 2.24) is 0 Å². The van der Waals surface area contributed by atoms with Crippen molar-refractivity contribution >= 4 is 16.0 Å². The van der Waals surface area contributed by atoms with Crippen LogP contribution in [0, 0.1) is 0 Å². The van der Waals surface area contributed by atoms with Crippen LogP contribution in [0.4, 0.5) is 0 Å². The zero-order valence-electron chi connectivity index (χ0n) is 12.6. The van der Waals surface area contributed by atoms with Crippen LogP contribution in [-0.2, 0) is 24.7 Å². The SMILES string of the molecule is CCOP(=O)(CCCP(O)OCc1ccccc1)OCC. The molecule has 5 nitrogen and oxygen atoms in total. The Hall–Kier alpha value is -0.280. The molecule has 0 aliphatic rings. The van der Waals surface area contributed by atoms with E-state index in [2.05, 4.69) is 0 Å². The van der Waals surface area contributed by atoms with Crippen LogP contribution in [0.25, 0.3) is 0 Å². The Kier molecular flexibility index (Phi) is 9.34. The van der Waals surface area contributed by atoms with Gasteiger partial charge in [-0.15, -0.1) is 0 Å². The van der Waals surface area contributed by atoms with Gasteiger partial charge in [-0.2, -0.15) is 0 Å². The maximum Gasteiger partial charge on any atom is 0.330 e. The van der Waals surface area contributed by atoms with Gasteiger partial charge in [0.2, 0.25) is 0 Å². The van der Waals surface area contributed by atoms with E-state index in [-0.39, 0.29) is 0 Å². The third-order valence-corrected chi connectivity index (χ3v) is 5.95. The molecule has 0 radical (unpaired) electrons. The Bertz CT molecular complexity index is 417. The predicted octanol–water partition coefficient (Wildman–Crippen LogP) is 4.16. The van der Waals surface area contributed by atoms with Crippen LogP contribution >= 0.6 is 16.0 Å². The van der Waals surface area contributed by atoms with Crippen molar-refractivity contribution in [1.29, 1.82) is 0 Å². The van der Waals surface area contributed by atoms with Crippen LogP contribution in [0.3, 0.4) is 0 Å². The van der Waals surface area contributed by atoms with Crippen LogP contribution < -0.4 is 0 Å². The summed E-state index contributed by atoms with van der Waals surface area (Å²) < 4.78 is 28.0. The molecule has 1 aromatic carbocycles. The molecule has 1 unspecified atom stereocenters. The fraction of sp³-hybridized carbons (Fsp3) is 0.571. The van der Waals surface area contributed by atoms with Crippen molar-refractivity contribution in [2.45, 2.75) is 26.9 Å². The third-order valence-electron chi connectivity index (χ3n) is 2.66. The van der Waals surface area contributed by atoms with E-state index in [0.29, 0.717) is 38.6 Å². The minimum Gasteiger partial charge on any atom is -0.350 e. The molecule has 0 saturated heterocycles. The van der Waals surface area contributed by atoms with Gasteiger partial charge < -0.3 is 18.5 Å². The summed E-state index contributed by atoms with van der Waals surface area (Å²) in [7, 11) is -4.52. The van der Waals surface area contributed by atoms with E-state index in [4.69, 9.17) is 13.6 Å². The molecule has 7 heteroatoms. The molecule has 0 heterocycles. The lowest BCUT2D eigenvalue weighted by Gasteiger charge is -2.17. The summed E-state index contributed by atoms with van der Waals surface area (Å²) in [6, 6.07) is 9.69. The zero-order chi connectivity index (χ0) is 15.6. The smallest absolute Gasteiger partial charge is 0.330 e. The molecule has 0 spiro atoms. The van der Waals surface area contributed by atoms with Gasteiger partial charge in [-0.25, -0.2) is 0 Å². The van der Waals surface area contributed by atoms with Gasteiger partial charge >= 0.3 is 7.60 Å². The van der Waals surface area contributed by atoms with Crippen molar-refractivity contribution in [3.05, 3.63) is 35.9 Å². The van der Waals surface area contributed by atoms with E-state index in [1.54, 1.807) is 13.8 Å². The molecule has 120 valence electrons. The second-order valence-corrected chi connectivity index (χ2v) is 7.95. The van der Waals surface area contributed by atoms with Gasteiger partial charge in [-0.1, -0.05) is 30.3 Å². The summed E-state index contributed by atoms with van der Waals surface area (Å²) >= 11 is 0. The summed E-state index contributed by atoms with van der Waals surface area (Å²) in [5.74, 6) is 0. The van der Waals surface area contributed by atoms with E-state index in [9.17, 15) is 9.46 Å². The van der Waals surface area contributed by atoms with Crippen molar-refractivity contribution in [3.63, 3.8) is 0 Å². The molecule has 0 aromatic heterocycles. The molecule has 0 amide bonds. The average Bonchev–Trinajstić information content (AvgIpc) is 2.47. The Morgan fingerprint density at radius 3 is 2.33 bits per heavy atom. The maximum absolute atomic E-state index is 12.2. The summed E-state index contributed by atoms with van der Waals surface area (Å²) in [6.07, 6.45) is 1.32. The van der Waals surface area contributed by atoms with Crippen LogP contribution in [-0.4, -0.2) is 30.4 Å². The highest BCUT2D eigenvalue weighted by molar-refractivity contribution is 7.54. The summed E-state index contributed by atoms with van der Waals surface area (Å²) in [4.78, 5) is 9.84. The lowest BCUT2D eigenvalue weighted by atomic mass is 10.2. The highest BCUT2D eigenvalue weighted by Crippen LogP contribution is 2.49. The number of hydrogen-bond donors (Lipinski definition) is 1. The molecule has 1 rings (SSSR count). The molecule has 0 bridgehead atoms. The maximum atomic E-state index is 12.2. The molecular formula is C14H24O5P2. The van der Waals surface area contributed by atoms with Gasteiger partial charge in [0.05, 0.1) is 26.0 Å². The minimum atomic E-state index is -3.01. The Labute approximate surface area is 128 Å². The highest BCUT2D eigenvalue weighted by Gasteiger charge is 2.23. The molecule has 1 aromatic rings. The fourth-order valence-electron chi connectivity index (χ4n) is 1.75. The van der Waals surface area contributed by atoms with Gasteiger partial charge in [0.25, 0.3) is 0 Å². The second-order valence-electron chi connectivity index (χ2n) is 4.36. The van der Waals surface area contributed by atoms with Crippen molar-refractivity contribution in [2.24, 2.45) is 0 Å². The topological polar surface area (TPSA) is 65.0 Å². The first-order valence-electron chi connectivity index (χ1n) is 7.11. The van der Waals surface area contributed by atoms with Crippen LogP contribution in [0.15, 0.2) is 30.3 Å². The molecule has 0 fully saturated rings. The van der Waals surface area contributed by atoms with Crippen LogP contribution in [0.2, 0.25) is 0 Å². The molecule has 1 N–H and O–H groups in total. The Morgan fingerprint density at radius 1 is 1.14 bits per heavy atom. The minimum absolute atomic E-state index is 0.308. The summed E-state index contributed by atoms with van der Waals surface area (Å²) in [6.45, 7) is 4.67. The van der Waals surface area contributed by atoms with Gasteiger partial charge in [0.1, 0.15) is 0 Å². The highest BCUT2D eigenvalue weighted by atomic mass is 31.2. The zero-order valence-corrected chi connectivity index (χ0v) is 14.4. The average molecular weight is 334 g/mol. The van der Waals surface area contributed by atoms with Crippen LogP contribution in [0.5, 0.6) is 0 Å². The predicted molar refractivity (Wildman–Crippen MR) is 85.6 cm³/mol. The van der Waals surface area contributed by atoms with Crippen molar-refractivity contribution in [2.75, 3.05) is 25.5 Å². The second kappa shape index (κ2) is 10.4. The first-order chi connectivity index (χ1) is 10.1. The molecule has 0 saturated carbocycles. The van der Waals surface area contributed by atoms with E-state index >= 15 is 0 Å². The largest absolute Gasteiger partial charge is 0.350 e. The Morgan fingerprint density at radius 2 is 1.76 bits per heavy atom. The third kappa shape index (κ3) is 8.06. The van der Waals surface area contributed by atoms with Gasteiger partial charge in [-0.05, 0) is 25.8 Å². The molecule has 21 heavy (non-hydrogen) atoms. The van der Waals surface area contributed by atoms with E-state index < -0.39 is 16.0 Å². The first-order valence-corrected chi connectivity index (χ1v) is 10.2. The molecule has 0 aliphatic carbocycles. The number of rotatable bonds is 11. The molecule has 1 atom stereocenters. The quantitative estimate of drug-likeness (QED) is 0.616. The number of hydrogen-bond acceptors (Lipinski definition) is 5. The van der Waals surface area contributed by atoms with Gasteiger partial charge in [-0.3, -0.25) is 4.57 Å². The monoisotopic (exact) mass is 334 g/mol. The Balaban J connectivity index is 2.26. The molecular weight excluding hydrogens is 310 g/mol. The van der Waals surface area contributed by atoms with E-state index in [1.165, 1.54) is 0 Å².